The van der Waals surface area contributed by atoms with Crippen LogP contribution in [0.3, 0.4) is 0 Å². The summed E-state index contributed by atoms with van der Waals surface area (Å²) in [5.41, 5.74) is 0.443. The minimum atomic E-state index is 0.0633. The molecule has 0 fully saturated rings. The summed E-state index contributed by atoms with van der Waals surface area (Å²) in [4.78, 5) is 5.18. The molecule has 0 atom stereocenters. The highest BCUT2D eigenvalue weighted by atomic mass is 79.9. The van der Waals surface area contributed by atoms with E-state index in [1.165, 1.54) is 17.4 Å². The van der Waals surface area contributed by atoms with E-state index in [4.69, 9.17) is 9.26 Å². The van der Waals surface area contributed by atoms with E-state index in [0.717, 1.165) is 8.66 Å². The van der Waals surface area contributed by atoms with Crippen molar-refractivity contribution in [2.24, 2.45) is 0 Å². The molecule has 0 aliphatic heterocycles. The topological polar surface area (TPSA) is 68.4 Å². The number of thiophene rings is 1. The molecule has 0 unspecified atom stereocenters. The number of methoxy groups -OCH3 is 1. The second-order valence-electron chi connectivity index (χ2n) is 3.91. The van der Waals surface area contributed by atoms with Gasteiger partial charge in [-0.15, -0.1) is 11.3 Å². The van der Waals surface area contributed by atoms with E-state index in [-0.39, 0.29) is 11.6 Å². The van der Waals surface area contributed by atoms with Gasteiger partial charge in [-0.25, -0.2) is 0 Å². The summed E-state index contributed by atoms with van der Waals surface area (Å²) in [6.07, 6.45) is 0. The minimum absolute atomic E-state index is 0.0633. The van der Waals surface area contributed by atoms with Gasteiger partial charge in [-0.2, -0.15) is 4.98 Å². The average Bonchev–Trinajstić information content (AvgIpc) is 3.08. The van der Waals surface area contributed by atoms with Crippen LogP contribution < -0.4 is 4.74 Å². The fraction of sp³-hybridized carbons (Fsp3) is 0.0769. The fourth-order valence-corrected chi connectivity index (χ4v) is 2.99. The SMILES string of the molecule is COc1ccc(O)c(-c2nc(-c3ccc(Br)s3)no2)c1. The van der Waals surface area contributed by atoms with Gasteiger partial charge < -0.3 is 14.4 Å². The quantitative estimate of drug-likeness (QED) is 0.772. The number of hydrogen-bond acceptors (Lipinski definition) is 6. The van der Waals surface area contributed by atoms with Gasteiger partial charge in [-0.05, 0) is 46.3 Å². The molecular weight excluding hydrogens is 344 g/mol. The van der Waals surface area contributed by atoms with Crippen LogP contribution in [0.4, 0.5) is 0 Å². The van der Waals surface area contributed by atoms with Gasteiger partial charge in [-0.1, -0.05) is 5.16 Å². The molecule has 0 radical (unpaired) electrons. The summed E-state index contributed by atoms with van der Waals surface area (Å²) < 4.78 is 11.3. The smallest absolute Gasteiger partial charge is 0.262 e. The molecule has 2 aromatic heterocycles. The first-order chi connectivity index (χ1) is 9.67. The highest BCUT2D eigenvalue weighted by Gasteiger charge is 2.16. The lowest BCUT2D eigenvalue weighted by Crippen LogP contribution is -1.85. The lowest BCUT2D eigenvalue weighted by Gasteiger charge is -2.02. The number of benzene rings is 1. The third kappa shape index (κ3) is 2.41. The molecule has 0 bridgehead atoms. The standard InChI is InChI=1S/C13H9BrN2O3S/c1-18-7-2-3-9(17)8(6-7)13-15-12(16-19-13)10-4-5-11(14)20-10/h2-6,17H,1H3. The zero-order valence-electron chi connectivity index (χ0n) is 10.3. The van der Waals surface area contributed by atoms with Crippen molar-refractivity contribution in [2.45, 2.75) is 0 Å². The molecule has 1 N–H and O–H groups in total. The summed E-state index contributed by atoms with van der Waals surface area (Å²) in [6.45, 7) is 0. The van der Waals surface area contributed by atoms with Crippen LogP contribution in [0.2, 0.25) is 0 Å². The van der Waals surface area contributed by atoms with Crippen molar-refractivity contribution in [2.75, 3.05) is 7.11 Å². The molecule has 5 nitrogen and oxygen atoms in total. The zero-order valence-corrected chi connectivity index (χ0v) is 12.7. The van der Waals surface area contributed by atoms with Crippen molar-refractivity contribution in [1.82, 2.24) is 10.1 Å². The number of nitrogens with zero attached hydrogens (tertiary/aromatic N) is 2. The maximum atomic E-state index is 9.88. The first-order valence-corrected chi connectivity index (χ1v) is 7.25. The summed E-state index contributed by atoms with van der Waals surface area (Å²) in [7, 11) is 1.55. The molecule has 0 aliphatic carbocycles. The van der Waals surface area contributed by atoms with Crippen LogP contribution in [-0.4, -0.2) is 22.4 Å². The third-order valence-electron chi connectivity index (χ3n) is 2.65. The molecule has 0 spiro atoms. The van der Waals surface area contributed by atoms with E-state index in [1.54, 1.807) is 19.2 Å². The Kier molecular flexibility index (Phi) is 3.45. The highest BCUT2D eigenvalue weighted by Crippen LogP contribution is 2.34. The van der Waals surface area contributed by atoms with Gasteiger partial charge in [-0.3, -0.25) is 0 Å². The van der Waals surface area contributed by atoms with Crippen molar-refractivity contribution < 1.29 is 14.4 Å². The summed E-state index contributed by atoms with van der Waals surface area (Å²) >= 11 is 4.89. The van der Waals surface area contributed by atoms with E-state index >= 15 is 0 Å². The number of phenolic OH excluding ortho intramolecular Hbond substituents is 1. The van der Waals surface area contributed by atoms with E-state index in [2.05, 4.69) is 26.1 Å². The number of rotatable bonds is 3. The second kappa shape index (κ2) is 5.26. The van der Waals surface area contributed by atoms with Crippen LogP contribution in [0.1, 0.15) is 0 Å². The first kappa shape index (κ1) is 13.1. The number of halogens is 1. The Bertz CT molecular complexity index is 754. The summed E-state index contributed by atoms with van der Waals surface area (Å²) in [6, 6.07) is 8.65. The van der Waals surface area contributed by atoms with Crippen LogP contribution in [-0.2, 0) is 0 Å². The molecule has 0 amide bonds. The lowest BCUT2D eigenvalue weighted by molar-refractivity contribution is 0.408. The number of hydrogen-bond donors (Lipinski definition) is 1. The van der Waals surface area contributed by atoms with E-state index in [0.29, 0.717) is 17.1 Å². The van der Waals surface area contributed by atoms with Crippen LogP contribution in [0.5, 0.6) is 11.5 Å². The maximum absolute atomic E-state index is 9.88. The normalized spacial score (nSPS) is 10.7. The van der Waals surface area contributed by atoms with Crippen molar-refractivity contribution in [1.29, 1.82) is 0 Å². The molecule has 0 saturated carbocycles. The van der Waals surface area contributed by atoms with Crippen LogP contribution in [0, 0.1) is 0 Å². The summed E-state index contributed by atoms with van der Waals surface area (Å²) in [5.74, 6) is 1.41. The Labute approximate surface area is 127 Å². The fourth-order valence-electron chi connectivity index (χ4n) is 1.68. The van der Waals surface area contributed by atoms with Gasteiger partial charge in [0.1, 0.15) is 11.5 Å². The molecule has 0 saturated heterocycles. The van der Waals surface area contributed by atoms with E-state index in [9.17, 15) is 5.11 Å². The number of aromatic nitrogens is 2. The second-order valence-corrected chi connectivity index (χ2v) is 6.37. The van der Waals surface area contributed by atoms with Gasteiger partial charge in [0, 0.05) is 0 Å². The molecule has 3 aromatic rings. The van der Waals surface area contributed by atoms with Gasteiger partial charge in [0.25, 0.3) is 5.89 Å². The molecule has 1 aromatic carbocycles. The number of aromatic hydroxyl groups is 1. The van der Waals surface area contributed by atoms with Crippen molar-refractivity contribution >= 4 is 27.3 Å². The highest BCUT2D eigenvalue weighted by molar-refractivity contribution is 9.11. The molecule has 20 heavy (non-hydrogen) atoms. The number of phenols is 1. The Hall–Kier alpha value is -1.86. The van der Waals surface area contributed by atoms with Crippen LogP contribution >= 0.6 is 27.3 Å². The predicted octanol–water partition coefficient (Wildman–Crippen LogP) is 3.94. The lowest BCUT2D eigenvalue weighted by atomic mass is 10.2. The Morgan fingerprint density at radius 2 is 2.15 bits per heavy atom. The Morgan fingerprint density at radius 3 is 2.85 bits per heavy atom. The van der Waals surface area contributed by atoms with Gasteiger partial charge in [0.05, 0.1) is 21.3 Å². The monoisotopic (exact) mass is 352 g/mol. The van der Waals surface area contributed by atoms with Gasteiger partial charge >= 0.3 is 0 Å². The molecule has 3 rings (SSSR count). The molecule has 0 aliphatic rings. The van der Waals surface area contributed by atoms with Gasteiger partial charge in [0.2, 0.25) is 5.82 Å². The van der Waals surface area contributed by atoms with Crippen LogP contribution in [0.25, 0.3) is 22.2 Å². The van der Waals surface area contributed by atoms with E-state index < -0.39 is 0 Å². The average molecular weight is 353 g/mol. The third-order valence-corrected chi connectivity index (χ3v) is 4.27. The molecule has 7 heteroatoms. The Balaban J connectivity index is 2.01. The molecule has 102 valence electrons. The largest absolute Gasteiger partial charge is 0.507 e. The minimum Gasteiger partial charge on any atom is -0.507 e. The number of ether oxygens (including phenoxy) is 1. The predicted molar refractivity (Wildman–Crippen MR) is 79.0 cm³/mol. The first-order valence-electron chi connectivity index (χ1n) is 5.64. The van der Waals surface area contributed by atoms with Crippen molar-refractivity contribution in [3.8, 4) is 33.7 Å². The van der Waals surface area contributed by atoms with Crippen molar-refractivity contribution in [3.63, 3.8) is 0 Å². The summed E-state index contributed by atoms with van der Waals surface area (Å²) in [5, 5.41) is 13.8. The molecular formula is C13H9BrN2O3S. The van der Waals surface area contributed by atoms with Gasteiger partial charge in [0.15, 0.2) is 0 Å². The van der Waals surface area contributed by atoms with Crippen molar-refractivity contribution in [3.05, 3.63) is 34.1 Å². The van der Waals surface area contributed by atoms with Crippen LogP contribution in [0.15, 0.2) is 38.6 Å². The maximum Gasteiger partial charge on any atom is 0.262 e. The Morgan fingerprint density at radius 1 is 1.30 bits per heavy atom. The molecule has 2 heterocycles. The van der Waals surface area contributed by atoms with E-state index in [1.807, 2.05) is 12.1 Å². The zero-order chi connectivity index (χ0) is 14.1.